The number of anilines is 2. The van der Waals surface area contributed by atoms with Crippen LogP contribution in [-0.4, -0.2) is 44.9 Å². The molecule has 0 aromatic heterocycles. The minimum absolute atomic E-state index is 0.0309. The first-order valence-electron chi connectivity index (χ1n) is 8.25. The fourth-order valence-corrected chi connectivity index (χ4v) is 3.02. The van der Waals surface area contributed by atoms with Crippen molar-refractivity contribution in [1.29, 1.82) is 0 Å². The minimum Gasteiger partial charge on any atom is -0.446 e. The lowest BCUT2D eigenvalue weighted by atomic mass is 10.1. The summed E-state index contributed by atoms with van der Waals surface area (Å²) in [6.45, 7) is 8.82. The van der Waals surface area contributed by atoms with Crippen molar-refractivity contribution in [3.63, 3.8) is 0 Å². The lowest BCUT2D eigenvalue weighted by Gasteiger charge is -2.30. The third kappa shape index (κ3) is 3.04. The van der Waals surface area contributed by atoms with Crippen LogP contribution in [-0.2, 0) is 11.2 Å². The summed E-state index contributed by atoms with van der Waals surface area (Å²) in [5, 5.41) is 3.37. The highest BCUT2D eigenvalue weighted by Gasteiger charge is 2.27. The molecule has 0 radical (unpaired) electrons. The fraction of sp³-hybridized carbons (Fsp3) is 0.588. The third-order valence-electron chi connectivity index (χ3n) is 4.54. The van der Waals surface area contributed by atoms with E-state index < -0.39 is 0 Å². The van der Waals surface area contributed by atoms with E-state index in [9.17, 15) is 4.79 Å². The van der Waals surface area contributed by atoms with E-state index in [0.29, 0.717) is 0 Å². The van der Waals surface area contributed by atoms with E-state index in [-0.39, 0.29) is 12.2 Å². The van der Waals surface area contributed by atoms with Crippen molar-refractivity contribution in [1.82, 2.24) is 5.32 Å². The zero-order valence-electron chi connectivity index (χ0n) is 13.5. The first-order chi connectivity index (χ1) is 10.7. The molecule has 22 heavy (non-hydrogen) atoms. The number of rotatable bonds is 3. The Kier molecular flexibility index (Phi) is 4.52. The first-order valence-corrected chi connectivity index (χ1v) is 8.25. The molecule has 2 aliphatic heterocycles. The molecular formula is C17H25N3O2. The predicted octanol–water partition coefficient (Wildman–Crippen LogP) is 2.39. The van der Waals surface area contributed by atoms with Crippen molar-refractivity contribution < 1.29 is 9.53 Å². The average Bonchev–Trinajstić information content (AvgIpc) is 2.98. The van der Waals surface area contributed by atoms with Crippen molar-refractivity contribution in [3.8, 4) is 0 Å². The number of fused-ring (bicyclic) bond motifs is 1. The summed E-state index contributed by atoms with van der Waals surface area (Å²) >= 11 is 0. The molecule has 0 aliphatic carbocycles. The molecule has 120 valence electrons. The van der Waals surface area contributed by atoms with Crippen LogP contribution in [0.1, 0.15) is 25.8 Å². The first kappa shape index (κ1) is 15.2. The van der Waals surface area contributed by atoms with Crippen LogP contribution in [0.5, 0.6) is 0 Å². The molecule has 1 aromatic carbocycles. The Labute approximate surface area is 132 Å². The van der Waals surface area contributed by atoms with Gasteiger partial charge in [0.1, 0.15) is 6.10 Å². The summed E-state index contributed by atoms with van der Waals surface area (Å²) in [5.74, 6) is 0. The molecule has 0 spiro atoms. The Hall–Kier alpha value is -1.75. The van der Waals surface area contributed by atoms with Crippen LogP contribution in [0, 0.1) is 0 Å². The van der Waals surface area contributed by atoms with Crippen LogP contribution in [0.4, 0.5) is 16.2 Å². The van der Waals surface area contributed by atoms with Crippen molar-refractivity contribution in [2.45, 2.75) is 32.8 Å². The Morgan fingerprint density at radius 1 is 1.32 bits per heavy atom. The van der Waals surface area contributed by atoms with Gasteiger partial charge in [-0.3, -0.25) is 4.90 Å². The number of carbonyl (C=O) groups excluding carboxylic acids is 1. The summed E-state index contributed by atoms with van der Waals surface area (Å²) < 4.78 is 5.46. The van der Waals surface area contributed by atoms with Crippen LogP contribution in [0.2, 0.25) is 0 Å². The summed E-state index contributed by atoms with van der Waals surface area (Å²) in [5.41, 5.74) is 3.52. The number of hydrogen-bond acceptors (Lipinski definition) is 4. The number of piperazine rings is 1. The topological polar surface area (TPSA) is 44.8 Å². The zero-order valence-corrected chi connectivity index (χ0v) is 13.5. The molecule has 5 heteroatoms. The number of carbonyl (C=O) groups is 1. The monoisotopic (exact) mass is 303 g/mol. The number of nitrogens with one attached hydrogen (secondary N) is 1. The van der Waals surface area contributed by atoms with E-state index in [1.165, 1.54) is 11.3 Å². The van der Waals surface area contributed by atoms with Gasteiger partial charge in [0.25, 0.3) is 0 Å². The maximum atomic E-state index is 12.2. The van der Waals surface area contributed by atoms with Gasteiger partial charge < -0.3 is 15.0 Å². The molecule has 1 N–H and O–H groups in total. The van der Waals surface area contributed by atoms with E-state index in [2.05, 4.69) is 28.4 Å². The Morgan fingerprint density at radius 3 is 2.82 bits per heavy atom. The molecule has 1 amide bonds. The Morgan fingerprint density at radius 2 is 2.09 bits per heavy atom. The Bertz CT molecular complexity index is 541. The van der Waals surface area contributed by atoms with Crippen LogP contribution < -0.4 is 15.1 Å². The molecule has 2 aliphatic rings. The van der Waals surface area contributed by atoms with Crippen LogP contribution in [0.3, 0.4) is 0 Å². The SMILES string of the molecule is CCC(C)OC(=O)N1CCc2cc(N3CCNCC3)ccc21. The predicted molar refractivity (Wildman–Crippen MR) is 88.8 cm³/mol. The van der Waals surface area contributed by atoms with Gasteiger partial charge in [0, 0.05) is 38.4 Å². The van der Waals surface area contributed by atoms with Gasteiger partial charge >= 0.3 is 6.09 Å². The maximum absolute atomic E-state index is 12.2. The number of benzene rings is 1. The highest BCUT2D eigenvalue weighted by Crippen LogP contribution is 2.32. The molecule has 5 nitrogen and oxygen atoms in total. The zero-order chi connectivity index (χ0) is 15.5. The van der Waals surface area contributed by atoms with Crippen LogP contribution in [0.15, 0.2) is 18.2 Å². The van der Waals surface area contributed by atoms with Crippen LogP contribution >= 0.6 is 0 Å². The molecule has 1 unspecified atom stereocenters. The normalized spacial score (nSPS) is 19.0. The number of ether oxygens (including phenoxy) is 1. The molecule has 1 aromatic rings. The van der Waals surface area contributed by atoms with Gasteiger partial charge in [-0.25, -0.2) is 4.79 Å². The van der Waals surface area contributed by atoms with Gasteiger partial charge in [0.15, 0.2) is 0 Å². The van der Waals surface area contributed by atoms with Gasteiger partial charge in [0.2, 0.25) is 0 Å². The molecule has 0 bridgehead atoms. The maximum Gasteiger partial charge on any atom is 0.414 e. The second kappa shape index (κ2) is 6.57. The van der Waals surface area contributed by atoms with Gasteiger partial charge in [-0.15, -0.1) is 0 Å². The standard InChI is InChI=1S/C17H25N3O2/c1-3-13(2)22-17(21)20-9-6-14-12-15(4-5-16(14)20)19-10-7-18-8-11-19/h4-5,12-13,18H,3,6-11H2,1-2H3. The summed E-state index contributed by atoms with van der Waals surface area (Å²) in [6.07, 6.45) is 1.50. The number of hydrogen-bond donors (Lipinski definition) is 1. The van der Waals surface area contributed by atoms with Crippen molar-refractivity contribution in [3.05, 3.63) is 23.8 Å². The summed E-state index contributed by atoms with van der Waals surface area (Å²) in [7, 11) is 0. The van der Waals surface area contributed by atoms with E-state index in [0.717, 1.165) is 51.3 Å². The summed E-state index contributed by atoms with van der Waals surface area (Å²) in [6, 6.07) is 6.42. The molecular weight excluding hydrogens is 278 g/mol. The summed E-state index contributed by atoms with van der Waals surface area (Å²) in [4.78, 5) is 16.4. The van der Waals surface area contributed by atoms with Crippen molar-refractivity contribution in [2.24, 2.45) is 0 Å². The Balaban J connectivity index is 1.73. The molecule has 2 heterocycles. The van der Waals surface area contributed by atoms with Gasteiger partial charge in [-0.05, 0) is 43.5 Å². The van der Waals surface area contributed by atoms with Gasteiger partial charge in [-0.2, -0.15) is 0 Å². The average molecular weight is 303 g/mol. The molecule has 3 rings (SSSR count). The van der Waals surface area contributed by atoms with E-state index in [4.69, 9.17) is 4.74 Å². The number of amides is 1. The van der Waals surface area contributed by atoms with Crippen molar-refractivity contribution >= 4 is 17.5 Å². The van der Waals surface area contributed by atoms with E-state index in [1.807, 2.05) is 13.8 Å². The van der Waals surface area contributed by atoms with Gasteiger partial charge in [0.05, 0.1) is 5.69 Å². The molecule has 1 fully saturated rings. The van der Waals surface area contributed by atoms with E-state index >= 15 is 0 Å². The lowest BCUT2D eigenvalue weighted by Crippen LogP contribution is -2.43. The smallest absolute Gasteiger partial charge is 0.414 e. The quantitative estimate of drug-likeness (QED) is 0.931. The van der Waals surface area contributed by atoms with E-state index in [1.54, 1.807) is 4.90 Å². The van der Waals surface area contributed by atoms with Crippen molar-refractivity contribution in [2.75, 3.05) is 42.5 Å². The largest absolute Gasteiger partial charge is 0.446 e. The van der Waals surface area contributed by atoms with Crippen LogP contribution in [0.25, 0.3) is 0 Å². The molecule has 0 saturated carbocycles. The second-order valence-corrected chi connectivity index (χ2v) is 6.05. The third-order valence-corrected chi connectivity index (χ3v) is 4.54. The highest BCUT2D eigenvalue weighted by molar-refractivity contribution is 5.91. The fourth-order valence-electron chi connectivity index (χ4n) is 3.02. The molecule has 1 saturated heterocycles. The minimum atomic E-state index is -0.219. The second-order valence-electron chi connectivity index (χ2n) is 6.05. The van der Waals surface area contributed by atoms with Gasteiger partial charge in [-0.1, -0.05) is 6.92 Å². The molecule has 1 atom stereocenters. The lowest BCUT2D eigenvalue weighted by molar-refractivity contribution is 0.112. The highest BCUT2D eigenvalue weighted by atomic mass is 16.6. The number of nitrogens with zero attached hydrogens (tertiary/aromatic N) is 2.